The molecule has 3 N–H and O–H groups in total. The van der Waals surface area contributed by atoms with E-state index in [2.05, 4.69) is 20.9 Å². The number of amides is 3. The van der Waals surface area contributed by atoms with Crippen molar-refractivity contribution >= 4 is 11.9 Å². The average Bonchev–Trinajstić information content (AvgIpc) is 2.36. The van der Waals surface area contributed by atoms with Crippen LogP contribution in [0.3, 0.4) is 0 Å². The second kappa shape index (κ2) is 7.45. The van der Waals surface area contributed by atoms with Gasteiger partial charge in [0.15, 0.2) is 0 Å². The minimum atomic E-state index is -0.422. The quantitative estimate of drug-likeness (QED) is 0.686. The van der Waals surface area contributed by atoms with Gasteiger partial charge in [0.05, 0.1) is 6.04 Å². The molecule has 0 radical (unpaired) electrons. The Morgan fingerprint density at radius 1 is 1.26 bits per heavy atom. The third-order valence-electron chi connectivity index (χ3n) is 3.44. The van der Waals surface area contributed by atoms with Crippen molar-refractivity contribution in [1.29, 1.82) is 0 Å². The van der Waals surface area contributed by atoms with Gasteiger partial charge >= 0.3 is 6.03 Å². The van der Waals surface area contributed by atoms with Gasteiger partial charge in [0.25, 0.3) is 0 Å². The molecule has 0 aromatic heterocycles. The van der Waals surface area contributed by atoms with E-state index in [1.807, 2.05) is 27.8 Å². The summed E-state index contributed by atoms with van der Waals surface area (Å²) in [5.74, 6) is -0.241. The van der Waals surface area contributed by atoms with Gasteiger partial charge < -0.3 is 10.6 Å². The molecule has 0 spiro atoms. The third kappa shape index (κ3) is 5.16. The minimum Gasteiger partial charge on any atom is -0.336 e. The van der Waals surface area contributed by atoms with Crippen LogP contribution in [0.2, 0.25) is 0 Å². The van der Waals surface area contributed by atoms with Crippen molar-refractivity contribution < 1.29 is 9.59 Å². The van der Waals surface area contributed by atoms with E-state index >= 15 is 0 Å². The van der Waals surface area contributed by atoms with Gasteiger partial charge in [0.1, 0.15) is 0 Å². The van der Waals surface area contributed by atoms with Crippen molar-refractivity contribution in [2.75, 3.05) is 20.1 Å². The Morgan fingerprint density at radius 2 is 1.95 bits per heavy atom. The maximum atomic E-state index is 12.0. The molecule has 1 fully saturated rings. The lowest BCUT2D eigenvalue weighted by atomic mass is 10.0. The number of hydrogen-bond donors (Lipinski definition) is 3. The first-order chi connectivity index (χ1) is 8.93. The summed E-state index contributed by atoms with van der Waals surface area (Å²) < 4.78 is 0. The molecule has 3 amide bonds. The van der Waals surface area contributed by atoms with Gasteiger partial charge in [0.2, 0.25) is 5.91 Å². The van der Waals surface area contributed by atoms with E-state index in [1.165, 1.54) is 0 Å². The van der Waals surface area contributed by atoms with Crippen LogP contribution < -0.4 is 16.0 Å². The number of imide groups is 1. The van der Waals surface area contributed by atoms with Crippen LogP contribution in [-0.2, 0) is 4.79 Å². The first kappa shape index (κ1) is 15.9. The highest BCUT2D eigenvalue weighted by molar-refractivity contribution is 5.96. The van der Waals surface area contributed by atoms with Crippen LogP contribution in [0.4, 0.5) is 4.79 Å². The number of piperidine rings is 1. The van der Waals surface area contributed by atoms with Crippen molar-refractivity contribution in [2.24, 2.45) is 0 Å². The highest BCUT2D eigenvalue weighted by Crippen LogP contribution is 2.12. The molecule has 0 aromatic rings. The van der Waals surface area contributed by atoms with E-state index < -0.39 is 6.03 Å². The molecule has 6 heteroatoms. The van der Waals surface area contributed by atoms with E-state index in [0.29, 0.717) is 6.04 Å². The van der Waals surface area contributed by atoms with Gasteiger partial charge in [-0.25, -0.2) is 4.79 Å². The highest BCUT2D eigenvalue weighted by Gasteiger charge is 2.27. The molecule has 0 aromatic carbocycles. The SMILES string of the molecule is CNC1CCCN(C(C)C(=O)NC(=O)NC(C)C)C1. The number of nitrogens with one attached hydrogen (secondary N) is 3. The molecule has 2 unspecified atom stereocenters. The standard InChI is InChI=1S/C13H26N4O2/c1-9(2)15-13(19)16-12(18)10(3)17-7-5-6-11(8-17)14-4/h9-11,14H,5-8H2,1-4H3,(H2,15,16,18,19). The number of carbonyl (C=O) groups excluding carboxylic acids is 2. The smallest absolute Gasteiger partial charge is 0.321 e. The molecule has 1 aliphatic rings. The average molecular weight is 270 g/mol. The second-order valence-corrected chi connectivity index (χ2v) is 5.42. The fraction of sp³-hybridized carbons (Fsp3) is 0.846. The molecule has 1 heterocycles. The van der Waals surface area contributed by atoms with Crippen molar-refractivity contribution in [3.05, 3.63) is 0 Å². The predicted octanol–water partition coefficient (Wildman–Crippen LogP) is 0.293. The molecule has 19 heavy (non-hydrogen) atoms. The summed E-state index contributed by atoms with van der Waals surface area (Å²) >= 11 is 0. The van der Waals surface area contributed by atoms with E-state index in [4.69, 9.17) is 0 Å². The lowest BCUT2D eigenvalue weighted by molar-refractivity contribution is -0.125. The van der Waals surface area contributed by atoms with Gasteiger partial charge in [-0.15, -0.1) is 0 Å². The number of likely N-dealkylation sites (tertiary alicyclic amines) is 1. The Morgan fingerprint density at radius 3 is 2.53 bits per heavy atom. The summed E-state index contributed by atoms with van der Waals surface area (Å²) in [6, 6.07) is -0.261. The number of hydrogen-bond acceptors (Lipinski definition) is 4. The first-order valence-electron chi connectivity index (χ1n) is 6.96. The number of likely N-dealkylation sites (N-methyl/N-ethyl adjacent to an activating group) is 1. The second-order valence-electron chi connectivity index (χ2n) is 5.42. The molecular weight excluding hydrogens is 244 g/mol. The summed E-state index contributed by atoms with van der Waals surface area (Å²) in [4.78, 5) is 25.6. The Bertz CT molecular complexity index is 320. The zero-order valence-corrected chi connectivity index (χ0v) is 12.3. The van der Waals surface area contributed by atoms with Gasteiger partial charge in [-0.3, -0.25) is 15.0 Å². The topological polar surface area (TPSA) is 73.5 Å². The molecular formula is C13H26N4O2. The molecule has 110 valence electrons. The summed E-state index contributed by atoms with van der Waals surface area (Å²) in [5.41, 5.74) is 0. The molecule has 0 aliphatic carbocycles. The predicted molar refractivity (Wildman–Crippen MR) is 74.9 cm³/mol. The number of carbonyl (C=O) groups is 2. The van der Waals surface area contributed by atoms with Gasteiger partial charge in [-0.2, -0.15) is 0 Å². The maximum absolute atomic E-state index is 12.0. The number of rotatable bonds is 4. The first-order valence-corrected chi connectivity index (χ1v) is 6.96. The Hall–Kier alpha value is -1.14. The summed E-state index contributed by atoms with van der Waals surface area (Å²) in [6.07, 6.45) is 2.20. The summed E-state index contributed by atoms with van der Waals surface area (Å²) in [5, 5.41) is 8.28. The van der Waals surface area contributed by atoms with Crippen LogP contribution in [0.5, 0.6) is 0 Å². The lowest BCUT2D eigenvalue weighted by Crippen LogP contribution is -2.55. The molecule has 1 rings (SSSR count). The molecule has 1 saturated heterocycles. The van der Waals surface area contributed by atoms with Crippen molar-refractivity contribution in [3.63, 3.8) is 0 Å². The lowest BCUT2D eigenvalue weighted by Gasteiger charge is -2.35. The van der Waals surface area contributed by atoms with E-state index in [1.54, 1.807) is 0 Å². The molecule has 0 bridgehead atoms. The molecule has 6 nitrogen and oxygen atoms in total. The minimum absolute atomic E-state index is 0.0202. The maximum Gasteiger partial charge on any atom is 0.321 e. The van der Waals surface area contributed by atoms with Crippen LogP contribution >= 0.6 is 0 Å². The Balaban J connectivity index is 2.45. The van der Waals surface area contributed by atoms with Gasteiger partial charge in [-0.05, 0) is 47.2 Å². The number of nitrogens with zero attached hydrogens (tertiary/aromatic N) is 1. The van der Waals surface area contributed by atoms with Crippen LogP contribution in [0.25, 0.3) is 0 Å². The normalized spacial score (nSPS) is 22.1. The van der Waals surface area contributed by atoms with Crippen molar-refractivity contribution in [1.82, 2.24) is 20.9 Å². The molecule has 0 saturated carbocycles. The zero-order chi connectivity index (χ0) is 14.4. The fourth-order valence-corrected chi connectivity index (χ4v) is 2.27. The van der Waals surface area contributed by atoms with E-state index in [0.717, 1.165) is 25.9 Å². The summed E-state index contributed by atoms with van der Waals surface area (Å²) in [6.45, 7) is 7.30. The van der Waals surface area contributed by atoms with Crippen LogP contribution in [-0.4, -0.2) is 55.1 Å². The summed E-state index contributed by atoms with van der Waals surface area (Å²) in [7, 11) is 1.94. The largest absolute Gasteiger partial charge is 0.336 e. The monoisotopic (exact) mass is 270 g/mol. The molecule has 2 atom stereocenters. The Labute approximate surface area is 115 Å². The molecule has 1 aliphatic heterocycles. The fourth-order valence-electron chi connectivity index (χ4n) is 2.27. The Kier molecular flexibility index (Phi) is 6.24. The van der Waals surface area contributed by atoms with Gasteiger partial charge in [0, 0.05) is 18.6 Å². The van der Waals surface area contributed by atoms with Gasteiger partial charge in [-0.1, -0.05) is 0 Å². The van der Waals surface area contributed by atoms with E-state index in [-0.39, 0.29) is 18.0 Å². The van der Waals surface area contributed by atoms with Crippen molar-refractivity contribution in [3.8, 4) is 0 Å². The zero-order valence-electron chi connectivity index (χ0n) is 12.3. The number of urea groups is 1. The van der Waals surface area contributed by atoms with Crippen LogP contribution in [0.15, 0.2) is 0 Å². The van der Waals surface area contributed by atoms with E-state index in [9.17, 15) is 9.59 Å². The van der Waals surface area contributed by atoms with Crippen molar-refractivity contribution in [2.45, 2.75) is 51.7 Å². The van der Waals surface area contributed by atoms with Crippen LogP contribution in [0, 0.1) is 0 Å². The highest BCUT2D eigenvalue weighted by atomic mass is 16.2. The third-order valence-corrected chi connectivity index (χ3v) is 3.44. The van der Waals surface area contributed by atoms with Crippen LogP contribution in [0.1, 0.15) is 33.6 Å².